The largest absolute Gasteiger partial charge is 0.467 e. The van der Waals surface area contributed by atoms with Crippen LogP contribution in [0.25, 0.3) is 0 Å². The number of ether oxygens (including phenoxy) is 1. The first-order chi connectivity index (χ1) is 5.70. The summed E-state index contributed by atoms with van der Waals surface area (Å²) in [4.78, 5) is 0. The van der Waals surface area contributed by atoms with Gasteiger partial charge in [-0.25, -0.2) is 0 Å². The lowest BCUT2D eigenvalue weighted by atomic mass is 10.2. The molecule has 0 N–H and O–H groups in total. The zero-order valence-corrected chi connectivity index (χ0v) is 8.03. The minimum absolute atomic E-state index is 0.390. The van der Waals surface area contributed by atoms with Crippen LogP contribution in [0.1, 0.15) is 32.5 Å². The maximum atomic E-state index is 5.06. The molecule has 1 rings (SSSR count). The molecule has 12 heavy (non-hydrogen) atoms. The monoisotopic (exact) mass is 169 g/mol. The molecule has 0 aliphatic carbocycles. The van der Waals surface area contributed by atoms with Gasteiger partial charge in [-0.3, -0.25) is 4.57 Å². The van der Waals surface area contributed by atoms with Crippen LogP contribution in [0.2, 0.25) is 0 Å². The Balaban J connectivity index is 3.05. The Morgan fingerprint density at radius 3 is 2.50 bits per heavy atom. The van der Waals surface area contributed by atoms with E-state index in [1.165, 1.54) is 0 Å². The van der Waals surface area contributed by atoms with Gasteiger partial charge in [0.25, 0.3) is 0 Å². The molecule has 0 spiro atoms. The van der Waals surface area contributed by atoms with Gasteiger partial charge in [0.15, 0.2) is 0 Å². The zero-order chi connectivity index (χ0) is 9.14. The summed E-state index contributed by atoms with van der Waals surface area (Å²) in [5, 5.41) is 7.96. The standard InChI is InChI=1S/C8H15N3O/c1-5-11-7(6(2)3)9-10-8(11)12-4/h6H,5H2,1-4H3. The second-order valence-electron chi connectivity index (χ2n) is 2.94. The van der Waals surface area contributed by atoms with E-state index >= 15 is 0 Å². The van der Waals surface area contributed by atoms with Gasteiger partial charge < -0.3 is 4.74 Å². The van der Waals surface area contributed by atoms with Gasteiger partial charge in [0.2, 0.25) is 0 Å². The van der Waals surface area contributed by atoms with Gasteiger partial charge in [0.1, 0.15) is 5.82 Å². The summed E-state index contributed by atoms with van der Waals surface area (Å²) in [5.74, 6) is 1.37. The Morgan fingerprint density at radius 2 is 2.08 bits per heavy atom. The van der Waals surface area contributed by atoms with Crippen LogP contribution in [0.15, 0.2) is 0 Å². The van der Waals surface area contributed by atoms with Crippen LogP contribution in [-0.2, 0) is 6.54 Å². The SMILES string of the molecule is CCn1c(OC)nnc1C(C)C. The molecule has 0 bridgehead atoms. The summed E-state index contributed by atoms with van der Waals surface area (Å²) in [6, 6.07) is 0.598. The predicted octanol–water partition coefficient (Wildman–Crippen LogP) is 1.43. The average Bonchev–Trinajstić information content (AvgIpc) is 2.46. The Hall–Kier alpha value is -1.06. The van der Waals surface area contributed by atoms with Gasteiger partial charge in [-0.2, -0.15) is 0 Å². The Morgan fingerprint density at radius 1 is 1.42 bits per heavy atom. The van der Waals surface area contributed by atoms with Gasteiger partial charge in [0, 0.05) is 12.5 Å². The summed E-state index contributed by atoms with van der Waals surface area (Å²) in [6.45, 7) is 7.09. The van der Waals surface area contributed by atoms with Gasteiger partial charge in [-0.05, 0) is 6.92 Å². The third-order valence-electron chi connectivity index (χ3n) is 1.76. The van der Waals surface area contributed by atoms with Crippen molar-refractivity contribution in [3.63, 3.8) is 0 Å². The third-order valence-corrected chi connectivity index (χ3v) is 1.76. The van der Waals surface area contributed by atoms with Crippen LogP contribution in [0, 0.1) is 0 Å². The molecule has 0 fully saturated rings. The lowest BCUT2D eigenvalue weighted by molar-refractivity contribution is 0.355. The van der Waals surface area contributed by atoms with Gasteiger partial charge >= 0.3 is 6.01 Å². The lowest BCUT2D eigenvalue weighted by Gasteiger charge is -2.07. The van der Waals surface area contributed by atoms with E-state index in [1.54, 1.807) is 7.11 Å². The average molecular weight is 169 g/mol. The molecule has 1 aromatic rings. The quantitative estimate of drug-likeness (QED) is 0.687. The summed E-state index contributed by atoms with van der Waals surface area (Å²) < 4.78 is 7.03. The van der Waals surface area contributed by atoms with Gasteiger partial charge in [0.05, 0.1) is 7.11 Å². The van der Waals surface area contributed by atoms with Crippen molar-refractivity contribution in [2.75, 3.05) is 7.11 Å². The predicted molar refractivity (Wildman–Crippen MR) is 46.3 cm³/mol. The molecule has 0 atom stereocenters. The fraction of sp³-hybridized carbons (Fsp3) is 0.750. The molecule has 0 saturated carbocycles. The molecule has 4 heteroatoms. The molecule has 0 saturated heterocycles. The Labute approximate surface area is 72.6 Å². The van der Waals surface area contributed by atoms with Crippen LogP contribution in [0.3, 0.4) is 0 Å². The van der Waals surface area contributed by atoms with E-state index in [-0.39, 0.29) is 0 Å². The van der Waals surface area contributed by atoms with Crippen LogP contribution in [0.4, 0.5) is 0 Å². The van der Waals surface area contributed by atoms with E-state index in [0.29, 0.717) is 11.9 Å². The maximum Gasteiger partial charge on any atom is 0.316 e. The molecule has 0 unspecified atom stereocenters. The summed E-state index contributed by atoms with van der Waals surface area (Å²) in [5.41, 5.74) is 0. The number of hydrogen-bond donors (Lipinski definition) is 0. The minimum Gasteiger partial charge on any atom is -0.467 e. The summed E-state index contributed by atoms with van der Waals surface area (Å²) >= 11 is 0. The first-order valence-electron chi connectivity index (χ1n) is 4.17. The van der Waals surface area contributed by atoms with Gasteiger partial charge in [-0.1, -0.05) is 18.9 Å². The van der Waals surface area contributed by atoms with E-state index in [9.17, 15) is 0 Å². The highest BCUT2D eigenvalue weighted by Crippen LogP contribution is 2.16. The molecule has 0 aliphatic rings. The molecular formula is C8H15N3O. The molecule has 1 heterocycles. The number of methoxy groups -OCH3 is 1. The number of rotatable bonds is 3. The van der Waals surface area contributed by atoms with Crippen molar-refractivity contribution in [2.45, 2.75) is 33.2 Å². The van der Waals surface area contributed by atoms with Crippen molar-refractivity contribution >= 4 is 0 Å². The highest BCUT2D eigenvalue weighted by Gasteiger charge is 2.12. The smallest absolute Gasteiger partial charge is 0.316 e. The van der Waals surface area contributed by atoms with E-state index in [2.05, 4.69) is 31.0 Å². The fourth-order valence-electron chi connectivity index (χ4n) is 1.18. The molecule has 0 aromatic carbocycles. The molecular weight excluding hydrogens is 154 g/mol. The van der Waals surface area contributed by atoms with Crippen molar-refractivity contribution in [2.24, 2.45) is 0 Å². The maximum absolute atomic E-state index is 5.06. The normalized spacial score (nSPS) is 10.8. The molecule has 1 aromatic heterocycles. The minimum atomic E-state index is 0.390. The van der Waals surface area contributed by atoms with Crippen LogP contribution < -0.4 is 4.74 Å². The van der Waals surface area contributed by atoms with E-state index in [1.807, 2.05) is 4.57 Å². The summed E-state index contributed by atoms with van der Waals surface area (Å²) in [7, 11) is 1.61. The van der Waals surface area contributed by atoms with Crippen molar-refractivity contribution in [3.05, 3.63) is 5.82 Å². The molecule has 0 amide bonds. The number of aromatic nitrogens is 3. The molecule has 0 radical (unpaired) electrons. The highest BCUT2D eigenvalue weighted by molar-refractivity contribution is 5.03. The van der Waals surface area contributed by atoms with Crippen LogP contribution >= 0.6 is 0 Å². The lowest BCUT2D eigenvalue weighted by Crippen LogP contribution is -2.05. The molecule has 68 valence electrons. The van der Waals surface area contributed by atoms with Crippen molar-refractivity contribution in [1.29, 1.82) is 0 Å². The van der Waals surface area contributed by atoms with Crippen molar-refractivity contribution in [1.82, 2.24) is 14.8 Å². The first kappa shape index (κ1) is 9.03. The Bertz CT molecular complexity index is 255. The third kappa shape index (κ3) is 1.42. The van der Waals surface area contributed by atoms with E-state index in [0.717, 1.165) is 12.4 Å². The zero-order valence-electron chi connectivity index (χ0n) is 8.03. The topological polar surface area (TPSA) is 39.9 Å². The second kappa shape index (κ2) is 3.56. The Kier molecular flexibility index (Phi) is 2.68. The number of hydrogen-bond acceptors (Lipinski definition) is 3. The number of nitrogens with zero attached hydrogens (tertiary/aromatic N) is 3. The molecule has 0 aliphatic heterocycles. The van der Waals surface area contributed by atoms with Crippen molar-refractivity contribution < 1.29 is 4.74 Å². The first-order valence-corrected chi connectivity index (χ1v) is 4.17. The van der Waals surface area contributed by atoms with Crippen molar-refractivity contribution in [3.8, 4) is 6.01 Å². The van der Waals surface area contributed by atoms with Crippen LogP contribution in [-0.4, -0.2) is 21.9 Å². The van der Waals surface area contributed by atoms with Gasteiger partial charge in [-0.15, -0.1) is 5.10 Å². The van der Waals surface area contributed by atoms with Crippen LogP contribution in [0.5, 0.6) is 6.01 Å². The van der Waals surface area contributed by atoms with E-state index in [4.69, 9.17) is 4.74 Å². The summed E-state index contributed by atoms with van der Waals surface area (Å²) in [6.07, 6.45) is 0. The van der Waals surface area contributed by atoms with E-state index < -0.39 is 0 Å². The highest BCUT2D eigenvalue weighted by atomic mass is 16.5. The second-order valence-corrected chi connectivity index (χ2v) is 2.94. The molecule has 4 nitrogen and oxygen atoms in total. The fourth-order valence-corrected chi connectivity index (χ4v) is 1.18.